The van der Waals surface area contributed by atoms with E-state index >= 15 is 0 Å². The van der Waals surface area contributed by atoms with Gasteiger partial charge in [0.05, 0.1) is 25.3 Å². The highest BCUT2D eigenvalue weighted by molar-refractivity contribution is 5.99. The van der Waals surface area contributed by atoms with Gasteiger partial charge < -0.3 is 9.47 Å². The van der Waals surface area contributed by atoms with E-state index in [0.29, 0.717) is 11.1 Å². The lowest BCUT2D eigenvalue weighted by Gasteiger charge is -2.12. The van der Waals surface area contributed by atoms with Crippen molar-refractivity contribution in [2.24, 2.45) is 0 Å². The Morgan fingerprint density at radius 2 is 1.50 bits per heavy atom. The van der Waals surface area contributed by atoms with Gasteiger partial charge in [0.25, 0.3) is 0 Å². The van der Waals surface area contributed by atoms with E-state index in [1.165, 1.54) is 14.2 Å². The van der Waals surface area contributed by atoms with Crippen molar-refractivity contribution in [2.75, 3.05) is 14.2 Å². The van der Waals surface area contributed by atoms with Gasteiger partial charge in [-0.05, 0) is 54.3 Å². The normalized spacial score (nSPS) is 10.2. The third-order valence-corrected chi connectivity index (χ3v) is 3.63. The zero-order valence-corrected chi connectivity index (χ0v) is 13.1. The summed E-state index contributed by atoms with van der Waals surface area (Å²) in [6.07, 6.45) is 0. The third kappa shape index (κ3) is 3.01. The number of ether oxygens (including phenoxy) is 2. The second-order valence-electron chi connectivity index (χ2n) is 5.05. The first-order chi connectivity index (χ1) is 10.5. The van der Waals surface area contributed by atoms with Crippen LogP contribution < -0.4 is 0 Å². The molecule has 0 N–H and O–H groups in total. The topological polar surface area (TPSA) is 52.6 Å². The highest BCUT2D eigenvalue weighted by Gasteiger charge is 2.16. The first kappa shape index (κ1) is 15.8. The molecule has 0 spiro atoms. The number of hydrogen-bond donors (Lipinski definition) is 0. The molecule has 0 aliphatic carbocycles. The Balaban J connectivity index is 2.63. The SMILES string of the molecule is COC(=O)c1cccc(-c2cc(C)c(C)cc2C(=O)OC)c1. The molecular formula is C18H18O4. The van der Waals surface area contributed by atoms with Crippen LogP contribution >= 0.6 is 0 Å². The lowest BCUT2D eigenvalue weighted by molar-refractivity contribution is 0.0593. The number of benzene rings is 2. The predicted molar refractivity (Wildman–Crippen MR) is 84.0 cm³/mol. The van der Waals surface area contributed by atoms with Crippen molar-refractivity contribution in [3.05, 3.63) is 58.7 Å². The van der Waals surface area contributed by atoms with Crippen LogP contribution in [0.5, 0.6) is 0 Å². The molecule has 0 atom stereocenters. The highest BCUT2D eigenvalue weighted by Crippen LogP contribution is 2.28. The smallest absolute Gasteiger partial charge is 0.338 e. The Morgan fingerprint density at radius 1 is 0.864 bits per heavy atom. The van der Waals surface area contributed by atoms with Gasteiger partial charge >= 0.3 is 11.9 Å². The summed E-state index contributed by atoms with van der Waals surface area (Å²) in [6, 6.07) is 10.7. The Labute approximate surface area is 129 Å². The molecular weight excluding hydrogens is 280 g/mol. The summed E-state index contributed by atoms with van der Waals surface area (Å²) in [5, 5.41) is 0. The van der Waals surface area contributed by atoms with E-state index in [0.717, 1.165) is 22.3 Å². The van der Waals surface area contributed by atoms with E-state index in [4.69, 9.17) is 9.47 Å². The Bertz CT molecular complexity index is 732. The summed E-state index contributed by atoms with van der Waals surface area (Å²) in [5.41, 5.74) is 4.49. The molecule has 0 saturated carbocycles. The van der Waals surface area contributed by atoms with Crippen LogP contribution in [0.2, 0.25) is 0 Å². The van der Waals surface area contributed by atoms with Crippen LogP contribution in [0.4, 0.5) is 0 Å². The van der Waals surface area contributed by atoms with E-state index in [-0.39, 0.29) is 0 Å². The quantitative estimate of drug-likeness (QED) is 0.813. The molecule has 0 bridgehead atoms. The second-order valence-corrected chi connectivity index (χ2v) is 5.05. The van der Waals surface area contributed by atoms with Crippen LogP contribution in [-0.4, -0.2) is 26.2 Å². The van der Waals surface area contributed by atoms with E-state index in [1.807, 2.05) is 26.0 Å². The Hall–Kier alpha value is -2.62. The van der Waals surface area contributed by atoms with Gasteiger partial charge in [0.15, 0.2) is 0 Å². The van der Waals surface area contributed by atoms with Crippen molar-refractivity contribution < 1.29 is 19.1 Å². The molecule has 0 saturated heterocycles. The summed E-state index contributed by atoms with van der Waals surface area (Å²) in [5.74, 6) is -0.813. The first-order valence-electron chi connectivity index (χ1n) is 6.86. The summed E-state index contributed by atoms with van der Waals surface area (Å²) in [7, 11) is 2.69. The fourth-order valence-electron chi connectivity index (χ4n) is 2.27. The molecule has 2 aromatic carbocycles. The maximum absolute atomic E-state index is 12.0. The number of carbonyl (C=O) groups is 2. The number of methoxy groups -OCH3 is 2. The molecule has 2 rings (SSSR count). The summed E-state index contributed by atoms with van der Waals surface area (Å²) in [6.45, 7) is 3.92. The zero-order valence-electron chi connectivity index (χ0n) is 13.1. The molecule has 4 heteroatoms. The number of carbonyl (C=O) groups excluding carboxylic acids is 2. The van der Waals surface area contributed by atoms with Crippen molar-refractivity contribution in [1.29, 1.82) is 0 Å². The van der Waals surface area contributed by atoms with Crippen LogP contribution in [-0.2, 0) is 9.47 Å². The van der Waals surface area contributed by atoms with Crippen LogP contribution in [0.1, 0.15) is 31.8 Å². The van der Waals surface area contributed by atoms with Gasteiger partial charge in [-0.3, -0.25) is 0 Å². The summed E-state index contributed by atoms with van der Waals surface area (Å²) in [4.78, 5) is 23.7. The van der Waals surface area contributed by atoms with Gasteiger partial charge in [-0.1, -0.05) is 18.2 Å². The van der Waals surface area contributed by atoms with Crippen LogP contribution in [0.3, 0.4) is 0 Å². The fourth-order valence-corrected chi connectivity index (χ4v) is 2.27. The molecule has 0 amide bonds. The maximum atomic E-state index is 12.0. The number of aryl methyl sites for hydroxylation is 2. The molecule has 0 aliphatic rings. The van der Waals surface area contributed by atoms with Crippen molar-refractivity contribution in [2.45, 2.75) is 13.8 Å². The minimum absolute atomic E-state index is 0.401. The molecule has 0 aliphatic heterocycles. The second kappa shape index (κ2) is 6.43. The highest BCUT2D eigenvalue weighted by atomic mass is 16.5. The van der Waals surface area contributed by atoms with Gasteiger partial charge in [-0.25, -0.2) is 9.59 Å². The minimum Gasteiger partial charge on any atom is -0.465 e. The lowest BCUT2D eigenvalue weighted by atomic mass is 9.94. The van der Waals surface area contributed by atoms with Gasteiger partial charge in [-0.2, -0.15) is 0 Å². The molecule has 0 heterocycles. The van der Waals surface area contributed by atoms with Gasteiger partial charge in [0, 0.05) is 0 Å². The van der Waals surface area contributed by atoms with Crippen LogP contribution in [0.25, 0.3) is 11.1 Å². The Morgan fingerprint density at radius 3 is 2.14 bits per heavy atom. The molecule has 0 unspecified atom stereocenters. The summed E-state index contributed by atoms with van der Waals surface area (Å²) >= 11 is 0. The van der Waals surface area contributed by atoms with Gasteiger partial charge in [-0.15, -0.1) is 0 Å². The number of hydrogen-bond acceptors (Lipinski definition) is 4. The molecule has 22 heavy (non-hydrogen) atoms. The molecule has 114 valence electrons. The molecule has 0 radical (unpaired) electrons. The lowest BCUT2D eigenvalue weighted by Crippen LogP contribution is -2.06. The van der Waals surface area contributed by atoms with Gasteiger partial charge in [0.1, 0.15) is 0 Å². The molecule has 0 aromatic heterocycles. The first-order valence-corrected chi connectivity index (χ1v) is 6.86. The summed E-state index contributed by atoms with van der Waals surface area (Å²) < 4.78 is 9.60. The van der Waals surface area contributed by atoms with E-state index in [9.17, 15) is 9.59 Å². The van der Waals surface area contributed by atoms with Crippen molar-refractivity contribution in [1.82, 2.24) is 0 Å². The molecule has 0 fully saturated rings. The zero-order chi connectivity index (χ0) is 16.3. The average molecular weight is 298 g/mol. The number of esters is 2. The van der Waals surface area contributed by atoms with E-state index < -0.39 is 11.9 Å². The minimum atomic E-state index is -0.412. The molecule has 4 nitrogen and oxygen atoms in total. The van der Waals surface area contributed by atoms with Crippen LogP contribution in [0.15, 0.2) is 36.4 Å². The standard InChI is InChI=1S/C18H18O4/c1-11-8-15(16(9-12(11)2)18(20)22-4)13-6-5-7-14(10-13)17(19)21-3/h5-10H,1-4H3. The fraction of sp³-hybridized carbons (Fsp3) is 0.222. The van der Waals surface area contributed by atoms with Crippen molar-refractivity contribution >= 4 is 11.9 Å². The predicted octanol–water partition coefficient (Wildman–Crippen LogP) is 3.54. The largest absolute Gasteiger partial charge is 0.465 e. The maximum Gasteiger partial charge on any atom is 0.338 e. The van der Waals surface area contributed by atoms with Crippen LogP contribution in [0, 0.1) is 13.8 Å². The third-order valence-electron chi connectivity index (χ3n) is 3.63. The monoisotopic (exact) mass is 298 g/mol. The van der Waals surface area contributed by atoms with Crippen molar-refractivity contribution in [3.8, 4) is 11.1 Å². The average Bonchev–Trinajstić information content (AvgIpc) is 2.55. The Kier molecular flexibility index (Phi) is 4.61. The van der Waals surface area contributed by atoms with E-state index in [1.54, 1.807) is 24.3 Å². The van der Waals surface area contributed by atoms with Gasteiger partial charge in [0.2, 0.25) is 0 Å². The van der Waals surface area contributed by atoms with E-state index in [2.05, 4.69) is 0 Å². The number of rotatable bonds is 3. The van der Waals surface area contributed by atoms with Crippen molar-refractivity contribution in [3.63, 3.8) is 0 Å². The molecule has 2 aromatic rings.